The monoisotopic (exact) mass is 277 g/mol. The number of aryl methyl sites for hydroxylation is 1. The maximum Gasteiger partial charge on any atom is 0.358 e. The lowest BCUT2D eigenvalue weighted by Gasteiger charge is -2.20. The van der Waals surface area contributed by atoms with Crippen LogP contribution in [0.4, 0.5) is 0 Å². The second kappa shape index (κ2) is 5.07. The molecule has 1 N–H and O–H groups in total. The molecule has 0 aliphatic carbocycles. The number of carboxylic acid groups (broad SMARTS) is 1. The molecule has 0 unspecified atom stereocenters. The molecule has 0 saturated carbocycles. The number of carboxylic acids is 1. The summed E-state index contributed by atoms with van der Waals surface area (Å²) < 4.78 is 3.46. The summed E-state index contributed by atoms with van der Waals surface area (Å²) in [6, 6.07) is 0. The summed E-state index contributed by atoms with van der Waals surface area (Å²) in [6.07, 6.45) is 3.69. The van der Waals surface area contributed by atoms with E-state index >= 15 is 0 Å². The summed E-state index contributed by atoms with van der Waals surface area (Å²) in [4.78, 5) is 11.3. The zero-order valence-electron chi connectivity index (χ0n) is 12.2. The van der Waals surface area contributed by atoms with E-state index in [-0.39, 0.29) is 11.1 Å². The van der Waals surface area contributed by atoms with Gasteiger partial charge in [0.2, 0.25) is 0 Å². The summed E-state index contributed by atoms with van der Waals surface area (Å²) >= 11 is 0. The van der Waals surface area contributed by atoms with Gasteiger partial charge in [0.25, 0.3) is 0 Å². The van der Waals surface area contributed by atoms with Crippen LogP contribution in [0.3, 0.4) is 0 Å². The van der Waals surface area contributed by atoms with Crippen LogP contribution in [0.25, 0.3) is 0 Å². The minimum atomic E-state index is -1.05. The van der Waals surface area contributed by atoms with Crippen LogP contribution in [-0.2, 0) is 18.5 Å². The maximum atomic E-state index is 11.3. The van der Waals surface area contributed by atoms with Gasteiger partial charge in [0, 0.05) is 23.7 Å². The fourth-order valence-electron chi connectivity index (χ4n) is 2.14. The fraction of sp³-hybridized carbons (Fsp3) is 0.538. The second-order valence-corrected chi connectivity index (χ2v) is 5.70. The van der Waals surface area contributed by atoms with Crippen LogP contribution in [0.1, 0.15) is 49.4 Å². The molecule has 0 atom stereocenters. The average molecular weight is 277 g/mol. The lowest BCUT2D eigenvalue weighted by atomic mass is 9.90. The number of hydrogen-bond donors (Lipinski definition) is 1. The topological polar surface area (TPSA) is 85.8 Å². The molecule has 0 spiro atoms. The number of nitrogens with zero attached hydrogens (tertiary/aromatic N) is 5. The first-order chi connectivity index (χ1) is 9.32. The number of rotatable bonds is 4. The van der Waals surface area contributed by atoms with E-state index in [9.17, 15) is 9.90 Å². The maximum absolute atomic E-state index is 11.3. The summed E-state index contributed by atoms with van der Waals surface area (Å²) in [7, 11) is 0. The molecule has 0 amide bonds. The molecule has 0 radical (unpaired) electrons. The molecule has 0 aliphatic rings. The van der Waals surface area contributed by atoms with Gasteiger partial charge in [-0.3, -0.25) is 4.68 Å². The molecule has 0 fully saturated rings. The molecule has 7 nitrogen and oxygen atoms in total. The van der Waals surface area contributed by atoms with Crippen molar-refractivity contribution < 1.29 is 9.90 Å². The molecule has 0 bridgehead atoms. The molecule has 0 saturated heterocycles. The Hall–Kier alpha value is -2.18. The standard InChI is InChI=1S/C13H19N5O2/c1-5-17-7-9(6-14-17)8-18-11(13(2,3)4)10(12(19)20)15-16-18/h6-7H,5,8H2,1-4H3,(H,19,20). The van der Waals surface area contributed by atoms with E-state index in [2.05, 4.69) is 15.4 Å². The van der Waals surface area contributed by atoms with Gasteiger partial charge in [-0.05, 0) is 6.92 Å². The first kappa shape index (κ1) is 14.2. The fourth-order valence-corrected chi connectivity index (χ4v) is 2.14. The lowest BCUT2D eigenvalue weighted by molar-refractivity contribution is 0.0687. The van der Waals surface area contributed by atoms with E-state index in [0.717, 1.165) is 12.1 Å². The zero-order chi connectivity index (χ0) is 14.9. The lowest BCUT2D eigenvalue weighted by Crippen LogP contribution is -2.22. The van der Waals surface area contributed by atoms with Gasteiger partial charge in [-0.15, -0.1) is 5.10 Å². The Morgan fingerprint density at radius 3 is 2.60 bits per heavy atom. The molecule has 2 rings (SSSR count). The first-order valence-electron chi connectivity index (χ1n) is 6.51. The Morgan fingerprint density at radius 2 is 2.10 bits per heavy atom. The summed E-state index contributed by atoms with van der Waals surface area (Å²) in [5, 5.41) is 21.2. The Bertz CT molecular complexity index is 621. The normalized spacial score (nSPS) is 11.8. The van der Waals surface area contributed by atoms with Crippen LogP contribution in [0, 0.1) is 0 Å². The summed E-state index contributed by atoms with van der Waals surface area (Å²) in [5.41, 5.74) is 1.26. The van der Waals surface area contributed by atoms with Gasteiger partial charge in [0.1, 0.15) is 0 Å². The van der Waals surface area contributed by atoms with Crippen LogP contribution < -0.4 is 0 Å². The highest BCUT2D eigenvalue weighted by atomic mass is 16.4. The van der Waals surface area contributed by atoms with Crippen molar-refractivity contribution >= 4 is 5.97 Å². The van der Waals surface area contributed by atoms with E-state index in [4.69, 9.17) is 0 Å². The Morgan fingerprint density at radius 1 is 1.40 bits per heavy atom. The minimum Gasteiger partial charge on any atom is -0.476 e. The van der Waals surface area contributed by atoms with Crippen molar-refractivity contribution in [2.45, 2.75) is 46.2 Å². The van der Waals surface area contributed by atoms with Crippen molar-refractivity contribution in [3.8, 4) is 0 Å². The molecule has 7 heteroatoms. The van der Waals surface area contributed by atoms with Gasteiger partial charge in [-0.25, -0.2) is 9.48 Å². The molecule has 2 aromatic heterocycles. The van der Waals surface area contributed by atoms with Gasteiger partial charge in [0.15, 0.2) is 5.69 Å². The Labute approximate surface area is 117 Å². The van der Waals surface area contributed by atoms with Gasteiger partial charge in [0.05, 0.1) is 18.4 Å². The van der Waals surface area contributed by atoms with Crippen molar-refractivity contribution in [3.63, 3.8) is 0 Å². The van der Waals surface area contributed by atoms with Crippen molar-refractivity contribution in [1.82, 2.24) is 24.8 Å². The third-order valence-electron chi connectivity index (χ3n) is 2.99. The summed E-state index contributed by atoms with van der Waals surface area (Å²) in [6.45, 7) is 9.12. The Balaban J connectivity index is 2.39. The number of hydrogen-bond acceptors (Lipinski definition) is 4. The number of aromatic nitrogens is 5. The van der Waals surface area contributed by atoms with Crippen LogP contribution >= 0.6 is 0 Å². The first-order valence-corrected chi connectivity index (χ1v) is 6.51. The number of carbonyl (C=O) groups is 1. The molecule has 0 aromatic carbocycles. The van der Waals surface area contributed by atoms with Crippen molar-refractivity contribution in [3.05, 3.63) is 29.3 Å². The molecule has 2 aromatic rings. The third-order valence-corrected chi connectivity index (χ3v) is 2.99. The smallest absolute Gasteiger partial charge is 0.358 e. The number of aromatic carboxylic acids is 1. The van der Waals surface area contributed by atoms with E-state index in [0.29, 0.717) is 12.2 Å². The van der Waals surface area contributed by atoms with Crippen molar-refractivity contribution in [1.29, 1.82) is 0 Å². The minimum absolute atomic E-state index is 0.0142. The van der Waals surface area contributed by atoms with Crippen molar-refractivity contribution in [2.75, 3.05) is 0 Å². The van der Waals surface area contributed by atoms with Gasteiger partial charge >= 0.3 is 5.97 Å². The van der Waals surface area contributed by atoms with Gasteiger partial charge < -0.3 is 5.11 Å². The quantitative estimate of drug-likeness (QED) is 0.916. The van der Waals surface area contributed by atoms with E-state index in [1.165, 1.54) is 0 Å². The predicted molar refractivity (Wildman–Crippen MR) is 72.7 cm³/mol. The molecular formula is C13H19N5O2. The van der Waals surface area contributed by atoms with Crippen LogP contribution in [0.2, 0.25) is 0 Å². The van der Waals surface area contributed by atoms with E-state index in [1.54, 1.807) is 10.9 Å². The van der Waals surface area contributed by atoms with E-state index < -0.39 is 5.97 Å². The van der Waals surface area contributed by atoms with Crippen molar-refractivity contribution in [2.24, 2.45) is 0 Å². The molecule has 108 valence electrons. The predicted octanol–water partition coefficient (Wildman–Crippen LogP) is 1.54. The molecule has 2 heterocycles. The molecular weight excluding hydrogens is 258 g/mol. The SMILES string of the molecule is CCn1cc(Cn2nnc(C(=O)O)c2C(C)(C)C)cn1. The van der Waals surface area contributed by atoms with E-state index in [1.807, 2.05) is 38.6 Å². The largest absolute Gasteiger partial charge is 0.476 e. The highest BCUT2D eigenvalue weighted by Gasteiger charge is 2.29. The third kappa shape index (κ3) is 2.71. The molecule has 0 aliphatic heterocycles. The Kier molecular flexibility index (Phi) is 3.61. The zero-order valence-corrected chi connectivity index (χ0v) is 12.2. The molecule has 20 heavy (non-hydrogen) atoms. The average Bonchev–Trinajstić information content (AvgIpc) is 2.95. The second-order valence-electron chi connectivity index (χ2n) is 5.70. The van der Waals surface area contributed by atoms with Crippen LogP contribution in [0.15, 0.2) is 12.4 Å². The van der Waals surface area contributed by atoms with Crippen LogP contribution in [0.5, 0.6) is 0 Å². The van der Waals surface area contributed by atoms with Crippen LogP contribution in [-0.4, -0.2) is 35.9 Å². The highest BCUT2D eigenvalue weighted by Crippen LogP contribution is 2.25. The van der Waals surface area contributed by atoms with Gasteiger partial charge in [-0.2, -0.15) is 5.10 Å². The van der Waals surface area contributed by atoms with Gasteiger partial charge in [-0.1, -0.05) is 26.0 Å². The summed E-state index contributed by atoms with van der Waals surface area (Å²) in [5.74, 6) is -1.05. The highest BCUT2D eigenvalue weighted by molar-refractivity contribution is 5.86.